The minimum Gasteiger partial charge on any atom is -0.493 e. The average Bonchev–Trinajstić information content (AvgIpc) is 3.37. The minimum absolute atomic E-state index is 0.0106. The molecule has 0 amide bonds. The minimum atomic E-state index is -3.52. The van der Waals surface area contributed by atoms with Crippen LogP contribution in [-0.4, -0.2) is 99.3 Å². The first-order chi connectivity index (χ1) is 22.9. The van der Waals surface area contributed by atoms with Gasteiger partial charge in [-0.2, -0.15) is 8.42 Å². The lowest BCUT2D eigenvalue weighted by atomic mass is 9.96. The maximum Gasteiger partial charge on any atom is 0.303 e. The third-order valence-electron chi connectivity index (χ3n) is 7.15. The molecule has 49 heavy (non-hydrogen) atoms. The number of aromatic amines is 1. The largest absolute Gasteiger partial charge is 0.493 e. The fourth-order valence-electron chi connectivity index (χ4n) is 5.11. The van der Waals surface area contributed by atoms with Gasteiger partial charge in [-0.05, 0) is 36.1 Å². The van der Waals surface area contributed by atoms with E-state index in [1.54, 1.807) is 6.07 Å². The Morgan fingerprint density at radius 2 is 1.55 bits per heavy atom. The lowest BCUT2D eigenvalue weighted by molar-refractivity contribution is -0.289. The highest BCUT2D eigenvalue weighted by molar-refractivity contribution is 7.85. The van der Waals surface area contributed by atoms with E-state index >= 15 is 0 Å². The zero-order chi connectivity index (χ0) is 36.5. The number of benzene rings is 1. The number of aryl methyl sites for hydroxylation is 1. The van der Waals surface area contributed by atoms with E-state index in [0.29, 0.717) is 24.2 Å². The first kappa shape index (κ1) is 39.2. The van der Waals surface area contributed by atoms with E-state index in [1.165, 1.54) is 6.92 Å². The van der Waals surface area contributed by atoms with Gasteiger partial charge in [-0.25, -0.2) is 0 Å². The second-order valence-corrected chi connectivity index (χ2v) is 13.4. The summed E-state index contributed by atoms with van der Waals surface area (Å²) in [6, 6.07) is 5.52. The monoisotopic (exact) mass is 712 g/mol. The van der Waals surface area contributed by atoms with Crippen LogP contribution in [0.3, 0.4) is 0 Å². The lowest BCUT2D eigenvalue weighted by Gasteiger charge is -2.43. The van der Waals surface area contributed by atoms with Crippen molar-refractivity contribution in [3.63, 3.8) is 0 Å². The van der Waals surface area contributed by atoms with Crippen molar-refractivity contribution in [2.75, 3.05) is 26.1 Å². The zero-order valence-corrected chi connectivity index (χ0v) is 29.6. The number of nitrogens with one attached hydrogen (secondary N) is 1. The van der Waals surface area contributed by atoms with Crippen molar-refractivity contribution in [1.29, 1.82) is 0 Å². The predicted octanol–water partition coefficient (Wildman–Crippen LogP) is 2.64. The Balaban J connectivity index is 1.93. The number of hydrogen-bond acceptors (Lipinski definition) is 15. The molecule has 1 aromatic carbocycles. The van der Waals surface area contributed by atoms with Gasteiger partial charge in [0.25, 0.3) is 10.1 Å². The highest BCUT2D eigenvalue weighted by Gasteiger charge is 2.53. The number of carbonyl (C=O) groups is 4. The molecule has 0 radical (unpaired) electrons. The van der Waals surface area contributed by atoms with Crippen molar-refractivity contribution in [1.82, 2.24) is 10.2 Å². The van der Waals surface area contributed by atoms with Gasteiger partial charge >= 0.3 is 23.9 Å². The van der Waals surface area contributed by atoms with Crippen LogP contribution in [0.15, 0.2) is 18.2 Å². The van der Waals surface area contributed by atoms with Crippen LogP contribution in [0.1, 0.15) is 76.3 Å². The first-order valence-electron chi connectivity index (χ1n) is 15.6. The fourth-order valence-corrected chi connectivity index (χ4v) is 5.53. The summed E-state index contributed by atoms with van der Waals surface area (Å²) in [5, 5.41) is 7.40. The molecule has 1 aliphatic rings. The molecule has 1 aromatic heterocycles. The average molecular weight is 713 g/mol. The molecule has 17 heteroatoms. The van der Waals surface area contributed by atoms with Crippen molar-refractivity contribution in [2.24, 2.45) is 0 Å². The Hall–Kier alpha value is -4.22. The van der Waals surface area contributed by atoms with E-state index in [1.807, 2.05) is 32.9 Å². The smallest absolute Gasteiger partial charge is 0.303 e. The number of rotatable bonds is 16. The summed E-state index contributed by atoms with van der Waals surface area (Å²) in [5.41, 5.74) is 3.21. The van der Waals surface area contributed by atoms with Crippen molar-refractivity contribution in [3.8, 4) is 11.6 Å². The van der Waals surface area contributed by atoms with Crippen LogP contribution in [0.2, 0.25) is 0 Å². The number of hydrogen-bond donors (Lipinski definition) is 1. The van der Waals surface area contributed by atoms with Gasteiger partial charge in [-0.1, -0.05) is 19.9 Å². The van der Waals surface area contributed by atoms with Gasteiger partial charge in [-0.3, -0.25) is 28.5 Å². The molecule has 0 saturated carbocycles. The standard InChI is InChI=1S/C32H44N2O14S/c1-17(2)27-25(15-23-10-11-24(14-18(23)3)41-12-9-13-43-49(8,39)40)31(34-33-27)48-32-30(46-22(7)38)29(45-21(6)37)28(44-20(5)36)26(47-32)16-42-19(4)35/h10-11,14,17,26,28-30,32H,9,12-13,15-16H2,1-8H3,(H,33,34)/t26-,28-,29+,30-,32?/m1/s1. The summed E-state index contributed by atoms with van der Waals surface area (Å²) in [6.45, 7) is 10.3. The second kappa shape index (κ2) is 17.4. The Bertz CT molecular complexity index is 1590. The molecule has 5 atom stereocenters. The molecular formula is C32H44N2O14S. The van der Waals surface area contributed by atoms with Gasteiger partial charge < -0.3 is 33.2 Å². The summed E-state index contributed by atoms with van der Waals surface area (Å²) in [5.74, 6) is -2.24. The van der Waals surface area contributed by atoms with E-state index in [4.69, 9.17) is 37.3 Å². The lowest BCUT2D eigenvalue weighted by Crippen LogP contribution is -2.63. The van der Waals surface area contributed by atoms with Crippen LogP contribution >= 0.6 is 0 Å². The van der Waals surface area contributed by atoms with Gasteiger partial charge in [0.05, 0.1) is 19.5 Å². The summed E-state index contributed by atoms with van der Waals surface area (Å²) in [7, 11) is -3.52. The number of nitrogens with zero attached hydrogens (tertiary/aromatic N) is 1. The van der Waals surface area contributed by atoms with Crippen LogP contribution in [0.5, 0.6) is 11.6 Å². The third-order valence-corrected chi connectivity index (χ3v) is 7.75. The third kappa shape index (κ3) is 12.0. The molecule has 0 aliphatic carbocycles. The SMILES string of the molecule is CC(=O)OC[C@H]1OC(Oc2n[nH]c(C(C)C)c2Cc2ccc(OCCCOS(C)(=O)=O)cc2C)[C@H](OC(C)=O)[C@@H](OC(C)=O)[C@@H]1OC(C)=O. The molecule has 1 saturated heterocycles. The van der Waals surface area contributed by atoms with Crippen LogP contribution in [0.4, 0.5) is 0 Å². The Morgan fingerprint density at radius 1 is 0.918 bits per heavy atom. The van der Waals surface area contributed by atoms with Crippen LogP contribution in [0, 0.1) is 6.92 Å². The molecule has 0 bridgehead atoms. The van der Waals surface area contributed by atoms with Crippen molar-refractivity contribution in [2.45, 2.75) is 97.9 Å². The summed E-state index contributed by atoms with van der Waals surface area (Å²) >= 11 is 0. The van der Waals surface area contributed by atoms with Crippen LogP contribution in [-0.2, 0) is 63.6 Å². The van der Waals surface area contributed by atoms with Gasteiger partial charge in [0.1, 0.15) is 18.5 Å². The van der Waals surface area contributed by atoms with Gasteiger partial charge in [-0.15, -0.1) is 5.10 Å². The van der Waals surface area contributed by atoms with E-state index in [-0.39, 0.29) is 25.0 Å². The fraction of sp³-hybridized carbons (Fsp3) is 0.594. The van der Waals surface area contributed by atoms with E-state index < -0.39 is 71.3 Å². The van der Waals surface area contributed by atoms with Crippen LogP contribution in [0.25, 0.3) is 0 Å². The number of H-pyrrole nitrogens is 1. The first-order valence-corrected chi connectivity index (χ1v) is 17.4. The van der Waals surface area contributed by atoms with E-state index in [9.17, 15) is 27.6 Å². The highest BCUT2D eigenvalue weighted by Crippen LogP contribution is 2.34. The number of carbonyl (C=O) groups excluding carboxylic acids is 4. The molecule has 1 N–H and O–H groups in total. The summed E-state index contributed by atoms with van der Waals surface area (Å²) in [6.07, 6.45) is -5.08. The maximum absolute atomic E-state index is 12.3. The zero-order valence-electron chi connectivity index (χ0n) is 28.8. The molecule has 16 nitrogen and oxygen atoms in total. The molecule has 1 unspecified atom stereocenters. The van der Waals surface area contributed by atoms with Gasteiger partial charge in [0.2, 0.25) is 18.3 Å². The molecule has 2 aromatic rings. The molecule has 272 valence electrons. The topological polar surface area (TPSA) is 205 Å². The van der Waals surface area contributed by atoms with Crippen molar-refractivity contribution < 1.29 is 64.9 Å². The molecule has 1 aliphatic heterocycles. The quantitative estimate of drug-likeness (QED) is 0.115. The molecule has 1 fully saturated rings. The normalized spacial score (nSPS) is 20.7. The van der Waals surface area contributed by atoms with Crippen molar-refractivity contribution >= 4 is 34.0 Å². The van der Waals surface area contributed by atoms with Gasteiger partial charge in [0, 0.05) is 51.8 Å². The molecule has 3 rings (SSSR count). The highest BCUT2D eigenvalue weighted by atomic mass is 32.2. The van der Waals surface area contributed by atoms with Gasteiger partial charge in [0.15, 0.2) is 12.2 Å². The molecular weight excluding hydrogens is 668 g/mol. The maximum atomic E-state index is 12.3. The number of aromatic nitrogens is 2. The van der Waals surface area contributed by atoms with Crippen LogP contribution < -0.4 is 9.47 Å². The van der Waals surface area contributed by atoms with E-state index in [0.717, 1.165) is 43.8 Å². The molecule has 2 heterocycles. The molecule has 0 spiro atoms. The number of esters is 4. The number of ether oxygens (including phenoxy) is 7. The second-order valence-electron chi connectivity index (χ2n) is 11.8. The summed E-state index contributed by atoms with van der Waals surface area (Å²) < 4.78 is 66.8. The predicted molar refractivity (Wildman–Crippen MR) is 170 cm³/mol. The Morgan fingerprint density at radius 3 is 2.12 bits per heavy atom. The Kier molecular flexibility index (Phi) is 14.0. The Labute approximate surface area is 285 Å². The van der Waals surface area contributed by atoms with E-state index in [2.05, 4.69) is 10.2 Å². The van der Waals surface area contributed by atoms with Crippen molar-refractivity contribution in [3.05, 3.63) is 40.6 Å². The summed E-state index contributed by atoms with van der Waals surface area (Å²) in [4.78, 5) is 48.2.